The molecule has 0 aliphatic heterocycles. The van der Waals surface area contributed by atoms with Gasteiger partial charge in [-0.3, -0.25) is 19.6 Å². The highest BCUT2D eigenvalue weighted by molar-refractivity contribution is 5.73. The minimum atomic E-state index is -0.486. The summed E-state index contributed by atoms with van der Waals surface area (Å²) in [7, 11) is 1.36. The lowest BCUT2D eigenvalue weighted by molar-refractivity contribution is -0.385. The average Bonchev–Trinajstić information content (AvgIpc) is 2.64. The van der Waals surface area contributed by atoms with Crippen LogP contribution in [0.3, 0.4) is 0 Å². The molecule has 1 aromatic rings. The second kappa shape index (κ2) is 3.92. The number of methoxy groups -OCH3 is 1. The van der Waals surface area contributed by atoms with Crippen molar-refractivity contribution < 1.29 is 14.5 Å². The Labute approximate surface area is 91.2 Å². The number of nitrogens with zero attached hydrogens (tertiary/aromatic N) is 3. The highest BCUT2D eigenvalue weighted by atomic mass is 16.6. The summed E-state index contributed by atoms with van der Waals surface area (Å²) in [6.07, 6.45) is 3.86. The average molecular weight is 225 g/mol. The molecule has 2 rings (SSSR count). The number of hydrogen-bond donors (Lipinski definition) is 0. The van der Waals surface area contributed by atoms with Gasteiger partial charge in [-0.25, -0.2) is 0 Å². The fraction of sp³-hybridized carbons (Fsp3) is 0.556. The molecule has 16 heavy (non-hydrogen) atoms. The van der Waals surface area contributed by atoms with Crippen LogP contribution in [0.5, 0.6) is 0 Å². The first kappa shape index (κ1) is 10.6. The van der Waals surface area contributed by atoms with Crippen LogP contribution >= 0.6 is 0 Å². The van der Waals surface area contributed by atoms with Crippen LogP contribution in [0.25, 0.3) is 0 Å². The van der Waals surface area contributed by atoms with Gasteiger partial charge in [0.2, 0.25) is 0 Å². The Balaban J connectivity index is 1.96. The summed E-state index contributed by atoms with van der Waals surface area (Å²) >= 11 is 0. The summed E-state index contributed by atoms with van der Waals surface area (Å²) in [5.41, 5.74) is -0.0264. The van der Waals surface area contributed by atoms with Gasteiger partial charge in [-0.1, -0.05) is 0 Å². The minimum absolute atomic E-state index is 0.0264. The van der Waals surface area contributed by atoms with E-state index in [1.54, 1.807) is 0 Å². The van der Waals surface area contributed by atoms with E-state index >= 15 is 0 Å². The van der Waals surface area contributed by atoms with Gasteiger partial charge < -0.3 is 4.74 Å². The molecule has 0 atom stereocenters. The first-order chi connectivity index (χ1) is 7.61. The number of hydrogen-bond acceptors (Lipinski definition) is 5. The number of carbonyl (C=O) groups is 1. The largest absolute Gasteiger partial charge is 0.469 e. The number of nitro groups is 1. The molecule has 0 aromatic carbocycles. The molecule has 0 N–H and O–H groups in total. The van der Waals surface area contributed by atoms with E-state index in [-0.39, 0.29) is 23.6 Å². The summed E-state index contributed by atoms with van der Waals surface area (Å²) in [5, 5.41) is 14.3. The third-order valence-electron chi connectivity index (χ3n) is 2.82. The summed E-state index contributed by atoms with van der Waals surface area (Å²) in [5.74, 6) is -0.323. The zero-order chi connectivity index (χ0) is 11.7. The van der Waals surface area contributed by atoms with Gasteiger partial charge in [-0.15, -0.1) is 0 Å². The van der Waals surface area contributed by atoms with Crippen molar-refractivity contribution >= 4 is 11.7 Å². The Kier molecular flexibility index (Phi) is 2.59. The molecule has 0 radical (unpaired) electrons. The van der Waals surface area contributed by atoms with Crippen LogP contribution in [0.2, 0.25) is 0 Å². The molecule has 1 heterocycles. The molecule has 0 unspecified atom stereocenters. The summed E-state index contributed by atoms with van der Waals surface area (Å²) in [4.78, 5) is 21.1. The standard InChI is InChI=1S/C9H11N3O4/c1-16-9(13)6-2-7(3-6)11-5-8(4-10-11)12(14)15/h4-7H,2-3H2,1H3. The molecule has 0 saturated heterocycles. The fourth-order valence-corrected chi connectivity index (χ4v) is 1.78. The van der Waals surface area contributed by atoms with Crippen molar-refractivity contribution in [2.75, 3.05) is 7.11 Å². The quantitative estimate of drug-likeness (QED) is 0.433. The molecule has 1 aliphatic rings. The molecule has 1 fully saturated rings. The van der Waals surface area contributed by atoms with Crippen molar-refractivity contribution in [2.24, 2.45) is 5.92 Å². The molecule has 0 amide bonds. The van der Waals surface area contributed by atoms with E-state index in [0.29, 0.717) is 12.8 Å². The normalized spacial score (nSPS) is 23.6. The Morgan fingerprint density at radius 3 is 2.88 bits per heavy atom. The van der Waals surface area contributed by atoms with Crippen LogP contribution in [0, 0.1) is 16.0 Å². The van der Waals surface area contributed by atoms with E-state index in [2.05, 4.69) is 9.84 Å². The van der Waals surface area contributed by atoms with E-state index in [1.165, 1.54) is 24.2 Å². The van der Waals surface area contributed by atoms with Crippen LogP contribution < -0.4 is 0 Å². The Hall–Kier alpha value is -1.92. The van der Waals surface area contributed by atoms with E-state index < -0.39 is 4.92 Å². The second-order valence-corrected chi connectivity index (χ2v) is 3.78. The fourth-order valence-electron chi connectivity index (χ4n) is 1.78. The predicted octanol–water partition coefficient (Wildman–Crippen LogP) is 0.915. The molecule has 0 bridgehead atoms. The number of ether oxygens (including phenoxy) is 1. The van der Waals surface area contributed by atoms with Crippen LogP contribution in [0.4, 0.5) is 5.69 Å². The molecule has 0 spiro atoms. The molecule has 1 aliphatic carbocycles. The Bertz CT molecular complexity index is 422. The van der Waals surface area contributed by atoms with E-state index in [0.717, 1.165) is 0 Å². The Morgan fingerprint density at radius 1 is 1.69 bits per heavy atom. The monoisotopic (exact) mass is 225 g/mol. The molecule has 86 valence electrons. The lowest BCUT2D eigenvalue weighted by Crippen LogP contribution is -2.33. The lowest BCUT2D eigenvalue weighted by atomic mass is 9.80. The smallest absolute Gasteiger partial charge is 0.308 e. The number of esters is 1. The lowest BCUT2D eigenvalue weighted by Gasteiger charge is -2.32. The molecule has 1 aromatic heterocycles. The van der Waals surface area contributed by atoms with Gasteiger partial charge in [0.15, 0.2) is 0 Å². The maximum Gasteiger partial charge on any atom is 0.308 e. The van der Waals surface area contributed by atoms with E-state index in [4.69, 9.17) is 0 Å². The van der Waals surface area contributed by atoms with Crippen molar-refractivity contribution in [3.8, 4) is 0 Å². The molecular formula is C9H11N3O4. The molecule has 7 heteroatoms. The summed E-state index contributed by atoms with van der Waals surface area (Å²) < 4.78 is 6.14. The number of aromatic nitrogens is 2. The first-order valence-electron chi connectivity index (χ1n) is 4.88. The van der Waals surface area contributed by atoms with Gasteiger partial charge in [0.25, 0.3) is 0 Å². The van der Waals surface area contributed by atoms with Gasteiger partial charge in [-0.05, 0) is 12.8 Å². The zero-order valence-electron chi connectivity index (χ0n) is 8.70. The topological polar surface area (TPSA) is 87.3 Å². The van der Waals surface area contributed by atoms with Gasteiger partial charge in [0.1, 0.15) is 12.4 Å². The summed E-state index contributed by atoms with van der Waals surface area (Å²) in [6.45, 7) is 0. The molecule has 1 saturated carbocycles. The van der Waals surface area contributed by atoms with Crippen molar-refractivity contribution in [1.82, 2.24) is 9.78 Å². The summed E-state index contributed by atoms with van der Waals surface area (Å²) in [6, 6.07) is 0.0674. The number of carbonyl (C=O) groups excluding carboxylic acids is 1. The van der Waals surface area contributed by atoms with Gasteiger partial charge in [-0.2, -0.15) is 5.10 Å². The van der Waals surface area contributed by atoms with Crippen LogP contribution in [0.15, 0.2) is 12.4 Å². The SMILES string of the molecule is COC(=O)C1CC(n2cc([N+](=O)[O-])cn2)C1. The van der Waals surface area contributed by atoms with Gasteiger partial charge >= 0.3 is 11.7 Å². The third-order valence-corrected chi connectivity index (χ3v) is 2.82. The van der Waals surface area contributed by atoms with Crippen LogP contribution in [-0.4, -0.2) is 27.8 Å². The van der Waals surface area contributed by atoms with Crippen molar-refractivity contribution in [3.63, 3.8) is 0 Å². The minimum Gasteiger partial charge on any atom is -0.469 e. The van der Waals surface area contributed by atoms with Crippen LogP contribution in [0.1, 0.15) is 18.9 Å². The maximum atomic E-state index is 11.1. The predicted molar refractivity (Wildman–Crippen MR) is 52.7 cm³/mol. The highest BCUT2D eigenvalue weighted by Crippen LogP contribution is 2.38. The zero-order valence-corrected chi connectivity index (χ0v) is 8.70. The number of rotatable bonds is 3. The van der Waals surface area contributed by atoms with E-state index in [9.17, 15) is 14.9 Å². The maximum absolute atomic E-state index is 11.1. The van der Waals surface area contributed by atoms with Crippen LogP contribution in [-0.2, 0) is 9.53 Å². The van der Waals surface area contributed by atoms with Crippen molar-refractivity contribution in [1.29, 1.82) is 0 Å². The van der Waals surface area contributed by atoms with Crippen molar-refractivity contribution in [2.45, 2.75) is 18.9 Å². The molecular weight excluding hydrogens is 214 g/mol. The molecule has 7 nitrogen and oxygen atoms in total. The highest BCUT2D eigenvalue weighted by Gasteiger charge is 2.37. The Morgan fingerprint density at radius 2 is 2.38 bits per heavy atom. The van der Waals surface area contributed by atoms with Crippen molar-refractivity contribution in [3.05, 3.63) is 22.5 Å². The first-order valence-corrected chi connectivity index (χ1v) is 4.88. The third kappa shape index (κ3) is 1.75. The van der Waals surface area contributed by atoms with Gasteiger partial charge in [0.05, 0.1) is 24.0 Å². The van der Waals surface area contributed by atoms with E-state index in [1.807, 2.05) is 0 Å². The second-order valence-electron chi connectivity index (χ2n) is 3.78. The van der Waals surface area contributed by atoms with Gasteiger partial charge in [0, 0.05) is 0 Å².